The number of rotatable bonds is 8. The fourth-order valence-electron chi connectivity index (χ4n) is 3.38. The Hall–Kier alpha value is -4.20. The molecule has 31 heavy (non-hydrogen) atoms. The molecule has 8 heteroatoms. The number of anilines is 1. The van der Waals surface area contributed by atoms with Crippen LogP contribution in [0.15, 0.2) is 72.3 Å². The minimum absolute atomic E-state index is 0.269. The zero-order valence-corrected chi connectivity index (χ0v) is 17.1. The van der Waals surface area contributed by atoms with Gasteiger partial charge in [0.05, 0.1) is 23.6 Å². The Labute approximate surface area is 178 Å². The highest BCUT2D eigenvalue weighted by atomic mass is 16.1. The van der Waals surface area contributed by atoms with E-state index in [1.165, 1.54) is 10.2 Å². The number of nitrogens with zero attached hydrogens (tertiary/aromatic N) is 4. The standard InChI is InChI=1S/C23H22N6O2/c1-16-13-25-22(24-11-10-18-6-4-3-5-7-18)23(31)28(16)29-21-9-8-19(17(2)26-15-30)12-20(21)14-27-29/h3-9,12-15H,2,10-11H2,1H3,(H,24,25)(H,26,30). The average molecular weight is 414 g/mol. The fraction of sp³-hybridized carbons (Fsp3) is 0.130. The first-order valence-electron chi connectivity index (χ1n) is 9.83. The maximum Gasteiger partial charge on any atom is 0.313 e. The van der Waals surface area contributed by atoms with E-state index in [0.717, 1.165) is 22.9 Å². The molecule has 0 bridgehead atoms. The molecular weight excluding hydrogens is 392 g/mol. The maximum atomic E-state index is 13.1. The van der Waals surface area contributed by atoms with E-state index >= 15 is 0 Å². The van der Waals surface area contributed by atoms with E-state index in [-0.39, 0.29) is 11.4 Å². The smallest absolute Gasteiger partial charge is 0.313 e. The number of fused-ring (bicyclic) bond motifs is 1. The molecule has 156 valence electrons. The van der Waals surface area contributed by atoms with Gasteiger partial charge in [0.1, 0.15) is 0 Å². The van der Waals surface area contributed by atoms with E-state index in [1.807, 2.05) is 48.5 Å². The minimum Gasteiger partial charge on any atom is -0.365 e. The van der Waals surface area contributed by atoms with Gasteiger partial charge >= 0.3 is 5.56 Å². The Kier molecular flexibility index (Phi) is 5.61. The number of amides is 1. The van der Waals surface area contributed by atoms with Crippen LogP contribution in [-0.4, -0.2) is 32.5 Å². The van der Waals surface area contributed by atoms with Gasteiger partial charge in [0.25, 0.3) is 0 Å². The van der Waals surface area contributed by atoms with Gasteiger partial charge in [-0.1, -0.05) is 43.0 Å². The summed E-state index contributed by atoms with van der Waals surface area (Å²) in [6.07, 6.45) is 4.68. The zero-order chi connectivity index (χ0) is 21.8. The lowest BCUT2D eigenvalue weighted by molar-refractivity contribution is -0.108. The second-order valence-corrected chi connectivity index (χ2v) is 7.08. The van der Waals surface area contributed by atoms with Crippen molar-refractivity contribution >= 4 is 28.8 Å². The van der Waals surface area contributed by atoms with Gasteiger partial charge in [0.2, 0.25) is 6.41 Å². The van der Waals surface area contributed by atoms with Crippen molar-refractivity contribution < 1.29 is 4.79 Å². The lowest BCUT2D eigenvalue weighted by Crippen LogP contribution is -2.32. The highest BCUT2D eigenvalue weighted by Crippen LogP contribution is 2.19. The van der Waals surface area contributed by atoms with Crippen molar-refractivity contribution in [1.29, 1.82) is 0 Å². The molecule has 0 radical (unpaired) electrons. The molecular formula is C23H22N6O2. The van der Waals surface area contributed by atoms with Crippen LogP contribution in [0.1, 0.15) is 16.8 Å². The third kappa shape index (κ3) is 4.09. The van der Waals surface area contributed by atoms with Gasteiger partial charge in [-0.3, -0.25) is 9.59 Å². The van der Waals surface area contributed by atoms with Gasteiger partial charge in [0, 0.05) is 17.6 Å². The summed E-state index contributed by atoms with van der Waals surface area (Å²) in [7, 11) is 0. The van der Waals surface area contributed by atoms with E-state index < -0.39 is 0 Å². The Morgan fingerprint density at radius 3 is 2.74 bits per heavy atom. The monoisotopic (exact) mass is 414 g/mol. The van der Waals surface area contributed by atoms with Crippen LogP contribution in [0, 0.1) is 6.92 Å². The molecule has 0 saturated heterocycles. The van der Waals surface area contributed by atoms with Gasteiger partial charge in [-0.2, -0.15) is 14.6 Å². The summed E-state index contributed by atoms with van der Waals surface area (Å²) < 4.78 is 1.48. The number of benzene rings is 2. The van der Waals surface area contributed by atoms with Crippen molar-refractivity contribution in [2.45, 2.75) is 13.3 Å². The SMILES string of the molecule is C=C(NC=O)c1ccc2c(cnn2-n2c(C)cnc(NCCc3ccccc3)c2=O)c1. The van der Waals surface area contributed by atoms with Crippen molar-refractivity contribution in [1.82, 2.24) is 24.9 Å². The van der Waals surface area contributed by atoms with E-state index in [4.69, 9.17) is 0 Å². The first-order chi connectivity index (χ1) is 15.1. The van der Waals surface area contributed by atoms with Crippen molar-refractivity contribution in [3.05, 3.63) is 94.7 Å². The first-order valence-corrected chi connectivity index (χ1v) is 9.83. The van der Waals surface area contributed by atoms with Crippen LogP contribution in [0.25, 0.3) is 16.6 Å². The van der Waals surface area contributed by atoms with Crippen molar-refractivity contribution in [3.8, 4) is 0 Å². The predicted octanol–water partition coefficient (Wildman–Crippen LogP) is 2.58. The van der Waals surface area contributed by atoms with Gasteiger partial charge in [-0.25, -0.2) is 4.98 Å². The number of carbonyl (C=O) groups is 1. The molecule has 2 aromatic carbocycles. The number of hydrogen-bond donors (Lipinski definition) is 2. The normalized spacial score (nSPS) is 10.7. The van der Waals surface area contributed by atoms with E-state index in [2.05, 4.69) is 27.3 Å². The maximum absolute atomic E-state index is 13.1. The second kappa shape index (κ2) is 8.66. The topological polar surface area (TPSA) is 93.8 Å². The van der Waals surface area contributed by atoms with Crippen LogP contribution < -0.4 is 16.2 Å². The molecule has 0 aliphatic carbocycles. The summed E-state index contributed by atoms with van der Waals surface area (Å²) in [5.74, 6) is 0.269. The van der Waals surface area contributed by atoms with Crippen LogP contribution in [0.5, 0.6) is 0 Å². The Morgan fingerprint density at radius 2 is 1.97 bits per heavy atom. The molecule has 2 heterocycles. The quantitative estimate of drug-likeness (QED) is 0.432. The number of nitrogens with one attached hydrogen (secondary N) is 2. The largest absolute Gasteiger partial charge is 0.365 e. The summed E-state index contributed by atoms with van der Waals surface area (Å²) in [6.45, 7) is 6.23. The van der Waals surface area contributed by atoms with Gasteiger partial charge in [0.15, 0.2) is 5.82 Å². The average Bonchev–Trinajstić information content (AvgIpc) is 3.19. The van der Waals surface area contributed by atoms with Crippen molar-refractivity contribution in [3.63, 3.8) is 0 Å². The molecule has 0 spiro atoms. The third-order valence-electron chi connectivity index (χ3n) is 4.98. The molecule has 0 saturated carbocycles. The number of aromatic nitrogens is 4. The Bertz CT molecular complexity index is 1310. The molecule has 1 amide bonds. The number of hydrogen-bond acceptors (Lipinski definition) is 5. The number of carbonyl (C=O) groups excluding carboxylic acids is 1. The highest BCUT2D eigenvalue weighted by molar-refractivity contribution is 5.84. The summed E-state index contributed by atoms with van der Waals surface area (Å²) in [6, 6.07) is 15.6. The van der Waals surface area contributed by atoms with Crippen LogP contribution in [0.3, 0.4) is 0 Å². The minimum atomic E-state index is -0.283. The molecule has 4 rings (SSSR count). The van der Waals surface area contributed by atoms with Crippen LogP contribution in [0.4, 0.5) is 5.82 Å². The van der Waals surface area contributed by atoms with Gasteiger partial charge < -0.3 is 10.6 Å². The second-order valence-electron chi connectivity index (χ2n) is 7.08. The van der Waals surface area contributed by atoms with Crippen molar-refractivity contribution in [2.24, 2.45) is 0 Å². The molecule has 0 atom stereocenters. The highest BCUT2D eigenvalue weighted by Gasteiger charge is 2.13. The Balaban J connectivity index is 1.64. The summed E-state index contributed by atoms with van der Waals surface area (Å²) in [5.41, 5.74) is 3.55. The predicted molar refractivity (Wildman–Crippen MR) is 121 cm³/mol. The van der Waals surface area contributed by atoms with Gasteiger partial charge in [-0.15, -0.1) is 0 Å². The molecule has 2 N–H and O–H groups in total. The molecule has 8 nitrogen and oxygen atoms in total. The molecule has 0 fully saturated rings. The summed E-state index contributed by atoms with van der Waals surface area (Å²) in [4.78, 5) is 29.6. The van der Waals surface area contributed by atoms with E-state index in [9.17, 15) is 9.59 Å². The fourth-order valence-corrected chi connectivity index (χ4v) is 3.38. The van der Waals surface area contributed by atoms with Crippen molar-refractivity contribution in [2.75, 3.05) is 11.9 Å². The van der Waals surface area contributed by atoms with Crippen LogP contribution in [0.2, 0.25) is 0 Å². The summed E-state index contributed by atoms with van der Waals surface area (Å²) in [5, 5.41) is 10.9. The van der Waals surface area contributed by atoms with Crippen LogP contribution in [-0.2, 0) is 11.2 Å². The van der Waals surface area contributed by atoms with E-state index in [0.29, 0.717) is 24.3 Å². The van der Waals surface area contributed by atoms with Gasteiger partial charge in [-0.05, 0) is 36.6 Å². The number of aryl methyl sites for hydroxylation is 1. The molecule has 2 aromatic heterocycles. The van der Waals surface area contributed by atoms with Crippen LogP contribution >= 0.6 is 0 Å². The molecule has 0 aliphatic rings. The molecule has 4 aromatic rings. The Morgan fingerprint density at radius 1 is 1.16 bits per heavy atom. The lowest BCUT2D eigenvalue weighted by atomic mass is 10.1. The lowest BCUT2D eigenvalue weighted by Gasteiger charge is -2.13. The molecule has 0 unspecified atom stereocenters. The third-order valence-corrected chi connectivity index (χ3v) is 4.98. The molecule has 0 aliphatic heterocycles. The first kappa shape index (κ1) is 20.1. The van der Waals surface area contributed by atoms with E-state index in [1.54, 1.807) is 24.1 Å². The zero-order valence-electron chi connectivity index (χ0n) is 17.1. The summed E-state index contributed by atoms with van der Waals surface area (Å²) >= 11 is 0.